The Morgan fingerprint density at radius 1 is 0.757 bits per heavy atom. The molecular formula is C25H41N3O9. The molecule has 0 aromatic carbocycles. The maximum atomic E-state index is 12.8. The predicted octanol–water partition coefficient (Wildman–Crippen LogP) is 0.279. The van der Waals surface area contributed by atoms with Crippen molar-refractivity contribution in [3.8, 4) is 0 Å². The van der Waals surface area contributed by atoms with E-state index >= 15 is 0 Å². The number of hydrogen-bond donors (Lipinski definition) is 7. The van der Waals surface area contributed by atoms with Crippen molar-refractivity contribution in [1.29, 1.82) is 0 Å². The summed E-state index contributed by atoms with van der Waals surface area (Å²) in [7, 11) is 0. The quantitative estimate of drug-likeness (QED) is 0.175. The van der Waals surface area contributed by atoms with E-state index in [-0.39, 0.29) is 24.0 Å². The van der Waals surface area contributed by atoms with Crippen LogP contribution in [0.4, 0.5) is 0 Å². The van der Waals surface area contributed by atoms with E-state index in [1.54, 1.807) is 0 Å². The van der Waals surface area contributed by atoms with E-state index in [1.807, 2.05) is 0 Å². The number of carbonyl (C=O) groups excluding carboxylic acids is 3. The van der Waals surface area contributed by atoms with E-state index in [2.05, 4.69) is 17.6 Å². The molecule has 2 atom stereocenters. The standard InChI is InChI=1S/C25H41N3O9/c1-25(14-2-6-16(29)7-3-14,15-4-8-17(30)9-5-15)11-10-21(32)27-19(24(36)37)13-22(33)28-18(23(34)35)12-20(26)31/h14-19,29-30H,2-13H2,1H3,(H2,26,31)(H,27,32)(H,28,33)(H,34,35)(H,36,37)/t14?,15?,16?,17?,18-,19-,25?/m0/s1. The van der Waals surface area contributed by atoms with Crippen molar-refractivity contribution in [2.24, 2.45) is 23.0 Å². The molecule has 2 fully saturated rings. The lowest BCUT2D eigenvalue weighted by atomic mass is 9.57. The van der Waals surface area contributed by atoms with Crippen molar-refractivity contribution in [3.63, 3.8) is 0 Å². The summed E-state index contributed by atoms with van der Waals surface area (Å²) < 4.78 is 0. The summed E-state index contributed by atoms with van der Waals surface area (Å²) in [6.07, 6.45) is 4.70. The molecule has 2 saturated carbocycles. The Bertz CT molecular complexity index is 811. The fourth-order valence-corrected chi connectivity index (χ4v) is 5.90. The molecule has 0 heterocycles. The summed E-state index contributed by atoms with van der Waals surface area (Å²) in [4.78, 5) is 58.9. The highest BCUT2D eigenvalue weighted by atomic mass is 16.4. The first kappa shape index (κ1) is 30.5. The lowest BCUT2D eigenvalue weighted by Gasteiger charge is -2.48. The van der Waals surface area contributed by atoms with Crippen molar-refractivity contribution in [3.05, 3.63) is 0 Å². The molecule has 0 unspecified atom stereocenters. The Morgan fingerprint density at radius 3 is 1.57 bits per heavy atom. The first-order valence-electron chi connectivity index (χ1n) is 13.0. The molecular weight excluding hydrogens is 486 g/mol. The summed E-state index contributed by atoms with van der Waals surface area (Å²) >= 11 is 0. The summed E-state index contributed by atoms with van der Waals surface area (Å²) in [6.45, 7) is 2.15. The second-order valence-electron chi connectivity index (χ2n) is 10.8. The zero-order valence-electron chi connectivity index (χ0n) is 21.4. The minimum Gasteiger partial charge on any atom is -0.480 e. The SMILES string of the molecule is CC(CCC(=O)N[C@@H](CC(=O)N[C@@H](CC(N)=O)C(=O)O)C(=O)O)(C1CCC(O)CC1)C1CCC(O)CC1. The Labute approximate surface area is 216 Å². The number of aliphatic hydroxyl groups is 2. The molecule has 0 aromatic heterocycles. The lowest BCUT2D eigenvalue weighted by molar-refractivity contribution is -0.145. The van der Waals surface area contributed by atoms with Crippen LogP contribution in [0.15, 0.2) is 0 Å². The average molecular weight is 528 g/mol. The van der Waals surface area contributed by atoms with Crippen molar-refractivity contribution in [2.75, 3.05) is 0 Å². The van der Waals surface area contributed by atoms with E-state index in [0.29, 0.717) is 43.9 Å². The topological polar surface area (TPSA) is 216 Å². The fourth-order valence-electron chi connectivity index (χ4n) is 5.90. The van der Waals surface area contributed by atoms with Gasteiger partial charge in [-0.25, -0.2) is 9.59 Å². The third-order valence-corrected chi connectivity index (χ3v) is 8.21. The van der Waals surface area contributed by atoms with Crippen LogP contribution in [0.2, 0.25) is 0 Å². The van der Waals surface area contributed by atoms with Gasteiger partial charge in [0, 0.05) is 6.42 Å². The number of carboxylic acid groups (broad SMARTS) is 2. The van der Waals surface area contributed by atoms with Crippen LogP contribution in [-0.4, -0.2) is 74.4 Å². The van der Waals surface area contributed by atoms with E-state index in [4.69, 9.17) is 10.8 Å². The van der Waals surface area contributed by atoms with Crippen LogP contribution in [0.3, 0.4) is 0 Å². The molecule has 2 rings (SSSR count). The second kappa shape index (κ2) is 13.7. The van der Waals surface area contributed by atoms with Crippen LogP contribution in [0.1, 0.15) is 84.0 Å². The monoisotopic (exact) mass is 527 g/mol. The molecule has 0 spiro atoms. The molecule has 0 bridgehead atoms. The molecule has 210 valence electrons. The van der Waals surface area contributed by atoms with Gasteiger partial charge in [0.05, 0.1) is 25.0 Å². The number of amides is 3. The number of rotatable bonds is 13. The van der Waals surface area contributed by atoms with Gasteiger partial charge in [0.15, 0.2) is 0 Å². The first-order chi connectivity index (χ1) is 17.3. The number of aliphatic hydroxyl groups excluding tert-OH is 2. The summed E-state index contributed by atoms with van der Waals surface area (Å²) in [5, 5.41) is 43.0. The Morgan fingerprint density at radius 2 is 1.16 bits per heavy atom. The smallest absolute Gasteiger partial charge is 0.326 e. The number of nitrogens with one attached hydrogen (secondary N) is 2. The van der Waals surface area contributed by atoms with Gasteiger partial charge in [0.25, 0.3) is 0 Å². The van der Waals surface area contributed by atoms with Gasteiger partial charge in [0.1, 0.15) is 12.1 Å². The Balaban J connectivity index is 2.01. The predicted molar refractivity (Wildman–Crippen MR) is 131 cm³/mol. The third-order valence-electron chi connectivity index (χ3n) is 8.21. The molecule has 2 aliphatic rings. The summed E-state index contributed by atoms with van der Waals surface area (Å²) in [5.74, 6) is -4.79. The zero-order chi connectivity index (χ0) is 27.8. The first-order valence-corrected chi connectivity index (χ1v) is 13.0. The molecule has 0 saturated heterocycles. The van der Waals surface area contributed by atoms with Crippen LogP contribution in [-0.2, 0) is 24.0 Å². The molecule has 8 N–H and O–H groups in total. The highest BCUT2D eigenvalue weighted by Gasteiger charge is 2.43. The molecule has 12 heteroatoms. The van der Waals surface area contributed by atoms with Gasteiger partial charge in [-0.3, -0.25) is 14.4 Å². The Hall–Kier alpha value is -2.73. The van der Waals surface area contributed by atoms with Crippen molar-refractivity contribution >= 4 is 29.7 Å². The van der Waals surface area contributed by atoms with Gasteiger partial charge in [-0.2, -0.15) is 0 Å². The summed E-state index contributed by atoms with van der Waals surface area (Å²) in [6, 6.07) is -3.17. The Kier molecular flexibility index (Phi) is 11.3. The van der Waals surface area contributed by atoms with Crippen molar-refractivity contribution in [1.82, 2.24) is 10.6 Å². The van der Waals surface area contributed by atoms with Gasteiger partial charge in [-0.05, 0) is 75.0 Å². The van der Waals surface area contributed by atoms with E-state index in [9.17, 15) is 39.3 Å². The van der Waals surface area contributed by atoms with Gasteiger partial charge in [0.2, 0.25) is 17.7 Å². The number of carbonyl (C=O) groups is 5. The number of aliphatic carboxylic acids is 2. The van der Waals surface area contributed by atoms with Gasteiger partial charge >= 0.3 is 11.9 Å². The normalized spacial score (nSPS) is 27.2. The number of carboxylic acids is 2. The molecule has 37 heavy (non-hydrogen) atoms. The number of nitrogens with two attached hydrogens (primary N) is 1. The molecule has 12 nitrogen and oxygen atoms in total. The van der Waals surface area contributed by atoms with Crippen LogP contribution in [0.25, 0.3) is 0 Å². The molecule has 3 amide bonds. The molecule has 0 radical (unpaired) electrons. The van der Waals surface area contributed by atoms with Crippen LogP contribution >= 0.6 is 0 Å². The van der Waals surface area contributed by atoms with Gasteiger partial charge < -0.3 is 36.8 Å². The van der Waals surface area contributed by atoms with Crippen molar-refractivity contribution in [2.45, 2.75) is 108 Å². The molecule has 2 aliphatic carbocycles. The van der Waals surface area contributed by atoms with Crippen LogP contribution in [0, 0.1) is 17.3 Å². The zero-order valence-corrected chi connectivity index (χ0v) is 21.4. The van der Waals surface area contributed by atoms with E-state index in [0.717, 1.165) is 25.7 Å². The van der Waals surface area contributed by atoms with Gasteiger partial charge in [-0.1, -0.05) is 6.92 Å². The maximum absolute atomic E-state index is 12.8. The molecule has 0 aromatic rings. The number of primary amides is 1. The summed E-state index contributed by atoms with van der Waals surface area (Å²) in [5.41, 5.74) is 4.76. The largest absolute Gasteiger partial charge is 0.480 e. The van der Waals surface area contributed by atoms with Gasteiger partial charge in [-0.15, -0.1) is 0 Å². The molecule has 0 aliphatic heterocycles. The van der Waals surface area contributed by atoms with Crippen molar-refractivity contribution < 1.29 is 44.4 Å². The minimum atomic E-state index is -1.60. The van der Waals surface area contributed by atoms with Crippen LogP contribution < -0.4 is 16.4 Å². The lowest BCUT2D eigenvalue weighted by Crippen LogP contribution is -2.48. The average Bonchev–Trinajstić information content (AvgIpc) is 2.82. The minimum absolute atomic E-state index is 0.0411. The van der Waals surface area contributed by atoms with E-state index in [1.165, 1.54) is 0 Å². The second-order valence-corrected chi connectivity index (χ2v) is 10.8. The van der Waals surface area contributed by atoms with Crippen LogP contribution in [0.5, 0.6) is 0 Å². The number of hydrogen-bond acceptors (Lipinski definition) is 7. The highest BCUT2D eigenvalue weighted by molar-refractivity contribution is 5.91. The fraction of sp³-hybridized carbons (Fsp3) is 0.800. The highest BCUT2D eigenvalue weighted by Crippen LogP contribution is 2.51. The third kappa shape index (κ3) is 9.26. The maximum Gasteiger partial charge on any atom is 0.326 e. The van der Waals surface area contributed by atoms with E-state index < -0.39 is 54.6 Å².